The van der Waals surface area contributed by atoms with Gasteiger partial charge in [-0.3, -0.25) is 10.2 Å². The van der Waals surface area contributed by atoms with Gasteiger partial charge < -0.3 is 34.4 Å². The number of phenolic OH excluding ortho intramolecular Hbond substituents is 1. The fourth-order valence-corrected chi connectivity index (χ4v) is 3.82. The van der Waals surface area contributed by atoms with Crippen molar-refractivity contribution in [1.29, 1.82) is 5.41 Å². The Hall–Kier alpha value is -3.79. The molecular weight excluding hydrogens is 418 g/mol. The third-order valence-corrected chi connectivity index (χ3v) is 5.42. The number of carbonyl (C=O) groups is 1. The first kappa shape index (κ1) is 20.5. The van der Waals surface area contributed by atoms with Crippen LogP contribution in [0.15, 0.2) is 36.5 Å². The summed E-state index contributed by atoms with van der Waals surface area (Å²) in [5.74, 6) is 0.845. The topological polar surface area (TPSA) is 128 Å². The van der Waals surface area contributed by atoms with Crippen LogP contribution in [0.25, 0.3) is 21.8 Å². The van der Waals surface area contributed by atoms with Crippen LogP contribution in [-0.2, 0) is 6.54 Å². The second-order valence-electron chi connectivity index (χ2n) is 6.84. The van der Waals surface area contributed by atoms with Gasteiger partial charge in [0.2, 0.25) is 0 Å². The summed E-state index contributed by atoms with van der Waals surface area (Å²) in [6.45, 7) is 0.564. The highest BCUT2D eigenvalue weighted by molar-refractivity contribution is 7.71. The molecule has 2 aromatic carbocycles. The van der Waals surface area contributed by atoms with Crippen molar-refractivity contribution in [2.24, 2.45) is 0 Å². The van der Waals surface area contributed by atoms with Gasteiger partial charge in [0.05, 0.1) is 30.8 Å². The summed E-state index contributed by atoms with van der Waals surface area (Å²) in [6, 6.07) is 8.45. The van der Waals surface area contributed by atoms with E-state index in [1.807, 2.05) is 0 Å². The molecule has 0 saturated carbocycles. The molecule has 0 atom stereocenters. The number of aromatic hydroxyl groups is 1. The number of para-hydroxylation sites is 1. The molecule has 0 saturated heterocycles. The lowest BCUT2D eigenvalue weighted by Crippen LogP contribution is -2.31. The summed E-state index contributed by atoms with van der Waals surface area (Å²) in [7, 11) is 3.08. The SMILES string of the molecule is COc1cc2[nH]c(=S)n(CCNC(=O)c3c[nH]c4c(O)cccc34)c(=N)c2cc1OC. The van der Waals surface area contributed by atoms with Crippen molar-refractivity contribution in [3.63, 3.8) is 0 Å². The van der Waals surface area contributed by atoms with Gasteiger partial charge in [-0.15, -0.1) is 0 Å². The Morgan fingerprint density at radius 3 is 2.71 bits per heavy atom. The zero-order valence-corrected chi connectivity index (χ0v) is 17.7. The normalized spacial score (nSPS) is 11.0. The van der Waals surface area contributed by atoms with Gasteiger partial charge >= 0.3 is 0 Å². The molecular formula is C21H21N5O4S. The number of benzene rings is 2. The van der Waals surface area contributed by atoms with Crippen LogP contribution in [0.3, 0.4) is 0 Å². The summed E-state index contributed by atoms with van der Waals surface area (Å²) in [5.41, 5.74) is 1.80. The number of aromatic amines is 2. The number of fused-ring (bicyclic) bond motifs is 2. The number of hydrogen-bond acceptors (Lipinski definition) is 6. The Bertz CT molecular complexity index is 1420. The summed E-state index contributed by atoms with van der Waals surface area (Å²) in [5, 5.41) is 22.5. The van der Waals surface area contributed by atoms with Crippen molar-refractivity contribution >= 4 is 39.9 Å². The number of nitrogens with one attached hydrogen (secondary N) is 4. The number of methoxy groups -OCH3 is 2. The Balaban J connectivity index is 1.57. The number of hydrogen-bond donors (Lipinski definition) is 5. The molecule has 10 heteroatoms. The number of rotatable bonds is 6. The van der Waals surface area contributed by atoms with Gasteiger partial charge in [-0.2, -0.15) is 0 Å². The van der Waals surface area contributed by atoms with E-state index in [9.17, 15) is 9.90 Å². The third-order valence-electron chi connectivity index (χ3n) is 5.09. The second-order valence-corrected chi connectivity index (χ2v) is 7.23. The van der Waals surface area contributed by atoms with E-state index in [2.05, 4.69) is 15.3 Å². The number of nitrogens with zero attached hydrogens (tertiary/aromatic N) is 1. The molecule has 1 amide bonds. The molecule has 0 aliphatic rings. The molecule has 4 aromatic rings. The summed E-state index contributed by atoms with van der Waals surface area (Å²) >= 11 is 5.41. The maximum absolute atomic E-state index is 12.6. The van der Waals surface area contributed by atoms with Gasteiger partial charge in [-0.05, 0) is 24.4 Å². The minimum Gasteiger partial charge on any atom is -0.506 e. The molecule has 31 heavy (non-hydrogen) atoms. The summed E-state index contributed by atoms with van der Waals surface area (Å²) in [4.78, 5) is 18.6. The smallest absolute Gasteiger partial charge is 0.253 e. The van der Waals surface area contributed by atoms with Crippen LogP contribution in [0, 0.1) is 10.2 Å². The molecule has 0 aliphatic heterocycles. The van der Waals surface area contributed by atoms with Gasteiger partial charge in [0.15, 0.2) is 16.3 Å². The van der Waals surface area contributed by atoms with Crippen molar-refractivity contribution in [3.05, 3.63) is 52.4 Å². The number of amides is 1. The van der Waals surface area contributed by atoms with E-state index in [4.69, 9.17) is 27.1 Å². The van der Waals surface area contributed by atoms with Crippen molar-refractivity contribution in [3.8, 4) is 17.2 Å². The lowest BCUT2D eigenvalue weighted by molar-refractivity contribution is 0.0953. The molecule has 0 bridgehead atoms. The predicted molar refractivity (Wildman–Crippen MR) is 118 cm³/mol. The highest BCUT2D eigenvalue weighted by atomic mass is 32.1. The highest BCUT2D eigenvalue weighted by Crippen LogP contribution is 2.30. The van der Waals surface area contributed by atoms with Crippen LogP contribution in [0.1, 0.15) is 10.4 Å². The number of phenols is 1. The molecule has 0 aliphatic carbocycles. The van der Waals surface area contributed by atoms with E-state index < -0.39 is 0 Å². The largest absolute Gasteiger partial charge is 0.506 e. The number of aromatic nitrogens is 3. The molecule has 0 spiro atoms. The Labute approximate surface area is 181 Å². The van der Waals surface area contributed by atoms with Crippen LogP contribution in [-0.4, -0.2) is 46.3 Å². The van der Waals surface area contributed by atoms with Crippen LogP contribution in [0.4, 0.5) is 0 Å². The minimum atomic E-state index is -0.286. The van der Waals surface area contributed by atoms with Crippen LogP contribution < -0.4 is 20.3 Å². The summed E-state index contributed by atoms with van der Waals surface area (Å²) < 4.78 is 12.6. The number of H-pyrrole nitrogens is 2. The van der Waals surface area contributed by atoms with E-state index in [1.54, 1.807) is 48.2 Å². The van der Waals surface area contributed by atoms with Crippen molar-refractivity contribution in [2.75, 3.05) is 20.8 Å². The van der Waals surface area contributed by atoms with Crippen LogP contribution >= 0.6 is 12.2 Å². The quantitative estimate of drug-likeness (QED) is 0.295. The van der Waals surface area contributed by atoms with Crippen molar-refractivity contribution in [1.82, 2.24) is 19.9 Å². The Kier molecular flexibility index (Phi) is 5.38. The van der Waals surface area contributed by atoms with Crippen LogP contribution in [0.5, 0.6) is 17.2 Å². The lowest BCUT2D eigenvalue weighted by Gasteiger charge is -2.13. The van der Waals surface area contributed by atoms with E-state index in [1.165, 1.54) is 7.11 Å². The van der Waals surface area contributed by atoms with Crippen molar-refractivity contribution < 1.29 is 19.4 Å². The van der Waals surface area contributed by atoms with Gasteiger partial charge in [-0.1, -0.05) is 12.1 Å². The third kappa shape index (κ3) is 3.61. The Morgan fingerprint density at radius 2 is 1.97 bits per heavy atom. The maximum Gasteiger partial charge on any atom is 0.253 e. The molecule has 0 radical (unpaired) electrons. The lowest BCUT2D eigenvalue weighted by atomic mass is 10.1. The fourth-order valence-electron chi connectivity index (χ4n) is 3.52. The zero-order chi connectivity index (χ0) is 22.1. The predicted octanol–water partition coefficient (Wildman–Crippen LogP) is 2.81. The molecule has 2 aromatic heterocycles. The minimum absolute atomic E-state index is 0.0838. The Morgan fingerprint density at radius 1 is 1.23 bits per heavy atom. The van der Waals surface area contributed by atoms with Gasteiger partial charge in [0.1, 0.15) is 11.2 Å². The average Bonchev–Trinajstić information content (AvgIpc) is 3.20. The second kappa shape index (κ2) is 8.15. The molecule has 2 heterocycles. The first-order valence-corrected chi connectivity index (χ1v) is 9.86. The van der Waals surface area contributed by atoms with Gasteiger partial charge in [0, 0.05) is 36.1 Å². The van der Waals surface area contributed by atoms with Gasteiger partial charge in [0.25, 0.3) is 5.91 Å². The monoisotopic (exact) mass is 439 g/mol. The summed E-state index contributed by atoms with van der Waals surface area (Å²) in [6.07, 6.45) is 1.56. The van der Waals surface area contributed by atoms with E-state index >= 15 is 0 Å². The molecule has 4 rings (SSSR count). The molecule has 5 N–H and O–H groups in total. The first-order valence-electron chi connectivity index (χ1n) is 9.45. The van der Waals surface area contributed by atoms with Crippen LogP contribution in [0.2, 0.25) is 0 Å². The number of ether oxygens (including phenoxy) is 2. The molecule has 0 fully saturated rings. The maximum atomic E-state index is 12.6. The van der Waals surface area contributed by atoms with Crippen molar-refractivity contribution in [2.45, 2.75) is 6.54 Å². The number of carbonyl (C=O) groups excluding carboxylic acids is 1. The van der Waals surface area contributed by atoms with E-state index in [0.29, 0.717) is 50.2 Å². The molecule has 160 valence electrons. The van der Waals surface area contributed by atoms with E-state index in [0.717, 1.165) is 0 Å². The van der Waals surface area contributed by atoms with Gasteiger partial charge in [-0.25, -0.2) is 0 Å². The molecule has 0 unspecified atom stereocenters. The zero-order valence-electron chi connectivity index (χ0n) is 16.9. The average molecular weight is 439 g/mol. The fraction of sp³-hybridized carbons (Fsp3) is 0.190. The molecule has 9 nitrogen and oxygen atoms in total. The van der Waals surface area contributed by atoms with E-state index in [-0.39, 0.29) is 23.7 Å². The standard InChI is InChI=1S/C21H21N5O4S/c1-29-16-8-12-14(9-17(16)30-2)25-21(31)26(19(12)22)7-6-23-20(28)13-10-24-18-11(13)4-3-5-15(18)27/h3-5,8-10,22,24,27H,6-7H2,1-2H3,(H,23,28)(H,25,31). The first-order chi connectivity index (χ1) is 14.9. The highest BCUT2D eigenvalue weighted by Gasteiger charge is 2.14.